The number of nitrogens with zero attached hydrogens (tertiary/aromatic N) is 4. The van der Waals surface area contributed by atoms with Gasteiger partial charge in [-0.2, -0.15) is 0 Å². The molecule has 3 aliphatic rings. The molecule has 0 spiro atoms. The van der Waals surface area contributed by atoms with Gasteiger partial charge in [0, 0.05) is 44.1 Å². The molecule has 6 atom stereocenters. The number of likely N-dealkylation sites (tertiary alicyclic amines) is 2. The SMILES string of the molecule is COC(=O)N[C@H](C(=O)N1CCC[C@H]1c1ncc(-c2ccc(-c3ccc4c(c3)CCCc3[nH]c([C@H]5CCCN5C(=O)[C@@H](NC(=O)OC)[C@@H](C)OC)nc3-4)cc2F)[nH]1)[C@H](C)OC. The summed E-state index contributed by atoms with van der Waals surface area (Å²) in [6.45, 7) is 4.42. The molecule has 0 unspecified atom stereocenters. The predicted octanol–water partition coefficient (Wildman–Crippen LogP) is 5.61. The summed E-state index contributed by atoms with van der Waals surface area (Å²) in [6.07, 6.45) is 4.31. The van der Waals surface area contributed by atoms with Crippen molar-refractivity contribution in [2.24, 2.45) is 0 Å². The fraction of sp³-hybridized carbons (Fsp3) is 0.488. The summed E-state index contributed by atoms with van der Waals surface area (Å²) < 4.78 is 36.3. The van der Waals surface area contributed by atoms with Crippen molar-refractivity contribution in [1.82, 2.24) is 40.4 Å². The number of H-pyrrole nitrogens is 2. The van der Waals surface area contributed by atoms with Crippen molar-refractivity contribution >= 4 is 24.0 Å². The normalized spacial score (nSPS) is 19.4. The second-order valence-electron chi connectivity index (χ2n) is 15.5. The van der Waals surface area contributed by atoms with E-state index in [4.69, 9.17) is 23.9 Å². The second-order valence-corrected chi connectivity index (χ2v) is 15.5. The van der Waals surface area contributed by atoms with E-state index >= 15 is 4.39 Å². The Bertz CT molecular complexity index is 2230. The zero-order chi connectivity index (χ0) is 42.7. The Hall–Kier alpha value is -5.81. The van der Waals surface area contributed by atoms with E-state index in [0.29, 0.717) is 42.4 Å². The van der Waals surface area contributed by atoms with Crippen LogP contribution in [0, 0.1) is 5.82 Å². The van der Waals surface area contributed by atoms with Crippen molar-refractivity contribution in [1.29, 1.82) is 0 Å². The first-order valence-electron chi connectivity index (χ1n) is 20.4. The number of nitrogens with one attached hydrogen (secondary N) is 4. The van der Waals surface area contributed by atoms with Crippen LogP contribution in [0.1, 0.15) is 80.9 Å². The Labute approximate surface area is 347 Å². The number of carbonyl (C=O) groups is 4. The van der Waals surface area contributed by atoms with Crippen LogP contribution in [0.25, 0.3) is 33.6 Å². The summed E-state index contributed by atoms with van der Waals surface area (Å²) in [6, 6.07) is 8.67. The fourth-order valence-corrected chi connectivity index (χ4v) is 8.60. The highest BCUT2D eigenvalue weighted by Crippen LogP contribution is 2.39. The van der Waals surface area contributed by atoms with Crippen LogP contribution in [0.4, 0.5) is 14.0 Å². The first-order chi connectivity index (χ1) is 29.0. The quantitative estimate of drug-likeness (QED) is 0.140. The van der Waals surface area contributed by atoms with Gasteiger partial charge in [0.05, 0.1) is 56.1 Å². The highest BCUT2D eigenvalue weighted by molar-refractivity contribution is 5.87. The highest BCUT2D eigenvalue weighted by atomic mass is 19.1. The predicted molar refractivity (Wildman–Crippen MR) is 218 cm³/mol. The van der Waals surface area contributed by atoms with Gasteiger partial charge in [-0.05, 0) is 87.6 Å². The van der Waals surface area contributed by atoms with Crippen LogP contribution < -0.4 is 10.6 Å². The maximum Gasteiger partial charge on any atom is 0.407 e. The van der Waals surface area contributed by atoms with Gasteiger partial charge in [-0.15, -0.1) is 0 Å². The van der Waals surface area contributed by atoms with E-state index in [1.54, 1.807) is 35.9 Å². The van der Waals surface area contributed by atoms with Gasteiger partial charge in [-0.25, -0.2) is 23.9 Å². The topological polar surface area (TPSA) is 193 Å². The van der Waals surface area contributed by atoms with Crippen LogP contribution >= 0.6 is 0 Å². The Morgan fingerprint density at radius 1 is 0.750 bits per heavy atom. The largest absolute Gasteiger partial charge is 0.453 e. The van der Waals surface area contributed by atoms with Gasteiger partial charge < -0.3 is 49.3 Å². The summed E-state index contributed by atoms with van der Waals surface area (Å²) in [5, 5.41) is 5.22. The summed E-state index contributed by atoms with van der Waals surface area (Å²) in [4.78, 5) is 71.5. The highest BCUT2D eigenvalue weighted by Gasteiger charge is 2.40. The van der Waals surface area contributed by atoms with E-state index in [0.717, 1.165) is 72.2 Å². The molecule has 1 aliphatic carbocycles. The number of carbonyl (C=O) groups excluding carboxylic acids is 4. The molecule has 0 bridgehead atoms. The van der Waals surface area contributed by atoms with Gasteiger partial charge in [0.25, 0.3) is 0 Å². The Kier molecular flexibility index (Phi) is 12.8. The van der Waals surface area contributed by atoms with Crippen molar-refractivity contribution in [3.63, 3.8) is 0 Å². The number of halogens is 1. The lowest BCUT2D eigenvalue weighted by Gasteiger charge is -2.30. The lowest BCUT2D eigenvalue weighted by atomic mass is 9.95. The van der Waals surface area contributed by atoms with Crippen molar-refractivity contribution in [3.8, 4) is 33.6 Å². The molecular weight excluding hydrogens is 776 g/mol. The lowest BCUT2D eigenvalue weighted by molar-refractivity contribution is -0.138. The molecule has 4 N–H and O–H groups in total. The Morgan fingerprint density at radius 3 is 1.88 bits per heavy atom. The van der Waals surface area contributed by atoms with Crippen LogP contribution in [0.15, 0.2) is 42.6 Å². The molecule has 2 aromatic heterocycles. The molecule has 17 heteroatoms. The third-order valence-corrected chi connectivity index (χ3v) is 12.1. The third kappa shape index (κ3) is 8.45. The number of imidazole rings is 2. The molecule has 320 valence electrons. The van der Waals surface area contributed by atoms with Gasteiger partial charge in [-0.1, -0.05) is 24.3 Å². The molecular formula is C43H53FN8O8. The number of rotatable bonds is 12. The van der Waals surface area contributed by atoms with Crippen molar-refractivity contribution in [3.05, 3.63) is 71.3 Å². The lowest BCUT2D eigenvalue weighted by Crippen LogP contribution is -2.54. The van der Waals surface area contributed by atoms with Crippen molar-refractivity contribution in [2.75, 3.05) is 41.5 Å². The van der Waals surface area contributed by atoms with Gasteiger partial charge in [0.1, 0.15) is 29.5 Å². The first kappa shape index (κ1) is 42.3. The number of aromatic amines is 2. The molecule has 60 heavy (non-hydrogen) atoms. The van der Waals surface area contributed by atoms with Gasteiger partial charge >= 0.3 is 12.2 Å². The van der Waals surface area contributed by atoms with E-state index in [9.17, 15) is 19.2 Å². The smallest absolute Gasteiger partial charge is 0.407 e. The molecule has 4 aromatic rings. The minimum atomic E-state index is -0.961. The number of alkyl carbamates (subject to hydrolysis) is 2. The monoisotopic (exact) mass is 828 g/mol. The molecule has 4 heterocycles. The van der Waals surface area contributed by atoms with Crippen LogP contribution in [-0.2, 0) is 41.4 Å². The van der Waals surface area contributed by atoms with Gasteiger partial charge in [0.15, 0.2) is 0 Å². The number of fused-ring (bicyclic) bond motifs is 3. The first-order valence-corrected chi connectivity index (χ1v) is 20.4. The second kappa shape index (κ2) is 18.2. The van der Waals surface area contributed by atoms with E-state index in [2.05, 4.69) is 31.7 Å². The van der Waals surface area contributed by atoms with Crippen LogP contribution in [-0.4, -0.2) is 120 Å². The number of ether oxygens (including phenoxy) is 4. The van der Waals surface area contributed by atoms with Gasteiger partial charge in [-0.3, -0.25) is 9.59 Å². The van der Waals surface area contributed by atoms with Gasteiger partial charge in [0.2, 0.25) is 11.8 Å². The standard InChI is InChI=1S/C43H53FN8O8/c1-23(57-3)35(49-42(55)59-5)40(53)51-18-8-12-33(51)38-45-22-32(47-38)29-17-15-26(21-30(29)44)25-14-16-28-27(20-25)10-7-11-31-37(28)48-39(46-31)34-13-9-19-52(34)41(54)36(24(2)58-4)50-43(56)60-6/h14-17,20-24,33-36H,7-13,18-19H2,1-6H3,(H,45,47)(H,46,48)(H,49,55)(H,50,56)/t23-,24+,33-,34+,35-,36-/m0/s1. The molecule has 0 radical (unpaired) electrons. The van der Waals surface area contributed by atoms with Crippen LogP contribution in [0.5, 0.6) is 0 Å². The van der Waals surface area contributed by atoms with Crippen molar-refractivity contribution in [2.45, 2.75) is 95.2 Å². The number of methoxy groups -OCH3 is 4. The number of aromatic nitrogens is 4. The summed E-state index contributed by atoms with van der Waals surface area (Å²) in [5.41, 5.74) is 6.36. The molecule has 16 nitrogen and oxygen atoms in total. The number of hydrogen-bond acceptors (Lipinski definition) is 10. The van der Waals surface area contributed by atoms with E-state index in [1.807, 2.05) is 18.2 Å². The van der Waals surface area contributed by atoms with Crippen LogP contribution in [0.3, 0.4) is 0 Å². The summed E-state index contributed by atoms with van der Waals surface area (Å²) in [5.74, 6) is 0.231. The van der Waals surface area contributed by atoms with Crippen molar-refractivity contribution < 1.29 is 42.5 Å². The number of amides is 4. The molecule has 2 aliphatic heterocycles. The fourth-order valence-electron chi connectivity index (χ4n) is 8.60. The number of benzene rings is 2. The Morgan fingerprint density at radius 2 is 1.32 bits per heavy atom. The molecule has 4 amide bonds. The summed E-state index contributed by atoms with van der Waals surface area (Å²) >= 11 is 0. The van der Waals surface area contributed by atoms with E-state index < -0.39 is 48.3 Å². The molecule has 0 saturated carbocycles. The Balaban J connectivity index is 1.08. The maximum absolute atomic E-state index is 16.0. The average molecular weight is 829 g/mol. The van der Waals surface area contributed by atoms with E-state index in [-0.39, 0.29) is 17.9 Å². The molecule has 7 rings (SSSR count). The number of hydrogen-bond donors (Lipinski definition) is 4. The molecule has 2 aromatic carbocycles. The minimum absolute atomic E-state index is 0.259. The molecule has 2 saturated heterocycles. The zero-order valence-corrected chi connectivity index (χ0v) is 34.8. The van der Waals surface area contributed by atoms with E-state index in [1.165, 1.54) is 34.5 Å². The minimum Gasteiger partial charge on any atom is -0.453 e. The zero-order valence-electron chi connectivity index (χ0n) is 34.8. The average Bonchev–Trinajstić information content (AvgIpc) is 4.10. The third-order valence-electron chi connectivity index (χ3n) is 12.1. The molecule has 2 fully saturated rings. The maximum atomic E-state index is 16.0. The number of aryl methyl sites for hydroxylation is 2. The summed E-state index contributed by atoms with van der Waals surface area (Å²) in [7, 11) is 5.45. The van der Waals surface area contributed by atoms with Crippen LogP contribution in [0.2, 0.25) is 0 Å².